The van der Waals surface area contributed by atoms with Crippen LogP contribution >= 0.6 is 0 Å². The van der Waals surface area contributed by atoms with Gasteiger partial charge >= 0.3 is 5.97 Å². The zero-order valence-corrected chi connectivity index (χ0v) is 16.5. The van der Waals surface area contributed by atoms with E-state index in [1.54, 1.807) is 6.07 Å². The number of para-hydroxylation sites is 1. The lowest BCUT2D eigenvalue weighted by Gasteiger charge is -2.10. The summed E-state index contributed by atoms with van der Waals surface area (Å²) in [4.78, 5) is 35.7. The maximum atomic E-state index is 11.9. The van der Waals surface area contributed by atoms with Crippen molar-refractivity contribution >= 4 is 29.2 Å². The van der Waals surface area contributed by atoms with Crippen LogP contribution in [0.2, 0.25) is 0 Å². The summed E-state index contributed by atoms with van der Waals surface area (Å²) in [6.07, 6.45) is 0.644. The summed E-state index contributed by atoms with van der Waals surface area (Å²) in [5, 5.41) is 5.55. The van der Waals surface area contributed by atoms with Crippen LogP contribution < -0.4 is 10.6 Å². The molecule has 6 heteroatoms. The minimum absolute atomic E-state index is 0.0813. The Morgan fingerprint density at radius 1 is 0.786 bits per heavy atom. The Kier molecular flexibility index (Phi) is 7.75. The second-order valence-electron chi connectivity index (χ2n) is 6.67. The van der Waals surface area contributed by atoms with Gasteiger partial charge in [0.25, 0.3) is 5.91 Å². The number of amides is 2. The second-order valence-corrected chi connectivity index (χ2v) is 6.67. The normalized spacial score (nSPS) is 10.2. The number of esters is 1. The molecule has 2 amide bonds. The molecule has 0 aliphatic heterocycles. The summed E-state index contributed by atoms with van der Waals surface area (Å²) < 4.78 is 4.98. The van der Waals surface area contributed by atoms with Gasteiger partial charge in [0, 0.05) is 24.2 Å². The van der Waals surface area contributed by atoms with Gasteiger partial charge in [-0.1, -0.05) is 30.3 Å². The minimum Gasteiger partial charge on any atom is -0.456 e. The molecule has 0 fully saturated rings. The zero-order valence-electron chi connectivity index (χ0n) is 16.5. The Hall–Kier alpha value is -3.15. The SMILES string of the molecule is Cc1ccccc1NC(=O)CCCC(=O)OCC(=O)Nc1cccc(C)c1C. The molecule has 0 aliphatic rings. The van der Waals surface area contributed by atoms with Gasteiger partial charge in [-0.05, 0) is 56.0 Å². The van der Waals surface area contributed by atoms with Crippen molar-refractivity contribution in [3.63, 3.8) is 0 Å². The van der Waals surface area contributed by atoms with Crippen LogP contribution in [-0.2, 0) is 19.1 Å². The van der Waals surface area contributed by atoms with Crippen molar-refractivity contribution in [2.24, 2.45) is 0 Å². The summed E-state index contributed by atoms with van der Waals surface area (Å²) >= 11 is 0. The van der Waals surface area contributed by atoms with Crippen molar-refractivity contribution in [2.75, 3.05) is 17.2 Å². The van der Waals surface area contributed by atoms with E-state index in [-0.39, 0.29) is 31.3 Å². The van der Waals surface area contributed by atoms with Gasteiger partial charge in [0.2, 0.25) is 5.91 Å². The molecule has 148 valence electrons. The molecular formula is C22H26N2O4. The maximum absolute atomic E-state index is 11.9. The van der Waals surface area contributed by atoms with Crippen molar-refractivity contribution in [2.45, 2.75) is 40.0 Å². The van der Waals surface area contributed by atoms with E-state index in [4.69, 9.17) is 4.74 Å². The Labute approximate surface area is 165 Å². The fraction of sp³-hybridized carbons (Fsp3) is 0.318. The predicted octanol–water partition coefficient (Wildman–Crippen LogP) is 3.90. The van der Waals surface area contributed by atoms with Crippen LogP contribution in [-0.4, -0.2) is 24.4 Å². The lowest BCUT2D eigenvalue weighted by atomic mass is 10.1. The summed E-state index contributed by atoms with van der Waals surface area (Å²) in [5.41, 5.74) is 4.48. The van der Waals surface area contributed by atoms with Gasteiger partial charge in [-0.25, -0.2) is 0 Å². The van der Waals surface area contributed by atoms with Crippen LogP contribution in [0.3, 0.4) is 0 Å². The lowest BCUT2D eigenvalue weighted by Crippen LogP contribution is -2.21. The molecule has 0 radical (unpaired) electrons. The maximum Gasteiger partial charge on any atom is 0.306 e. The van der Waals surface area contributed by atoms with Gasteiger partial charge in [0.05, 0.1) is 0 Å². The molecule has 0 saturated carbocycles. The standard InChI is InChI=1S/C22H26N2O4/c1-15-9-6-11-19(17(15)3)24-21(26)14-28-22(27)13-7-12-20(25)23-18-10-5-4-8-16(18)2/h4-6,8-11H,7,12-14H2,1-3H3,(H,23,25)(H,24,26). The van der Waals surface area contributed by atoms with Crippen molar-refractivity contribution in [1.82, 2.24) is 0 Å². The van der Waals surface area contributed by atoms with Crippen molar-refractivity contribution < 1.29 is 19.1 Å². The number of nitrogens with one attached hydrogen (secondary N) is 2. The number of rotatable bonds is 8. The number of benzene rings is 2. The summed E-state index contributed by atoms with van der Waals surface area (Å²) in [6, 6.07) is 13.1. The molecule has 0 spiro atoms. The van der Waals surface area contributed by atoms with Gasteiger partial charge in [0.1, 0.15) is 0 Å². The molecule has 0 heterocycles. The largest absolute Gasteiger partial charge is 0.456 e. The van der Waals surface area contributed by atoms with E-state index in [0.717, 1.165) is 22.4 Å². The van der Waals surface area contributed by atoms with E-state index in [9.17, 15) is 14.4 Å². The first-order valence-electron chi connectivity index (χ1n) is 9.24. The highest BCUT2D eigenvalue weighted by atomic mass is 16.5. The third kappa shape index (κ3) is 6.54. The number of hydrogen-bond donors (Lipinski definition) is 2. The van der Waals surface area contributed by atoms with Crippen LogP contribution in [0.15, 0.2) is 42.5 Å². The average Bonchev–Trinajstić information content (AvgIpc) is 2.66. The van der Waals surface area contributed by atoms with E-state index in [0.29, 0.717) is 12.1 Å². The minimum atomic E-state index is -0.500. The molecule has 0 aromatic heterocycles. The number of carbonyl (C=O) groups excluding carboxylic acids is 3. The van der Waals surface area contributed by atoms with Crippen LogP contribution in [0, 0.1) is 20.8 Å². The number of ether oxygens (including phenoxy) is 1. The lowest BCUT2D eigenvalue weighted by molar-refractivity contribution is -0.147. The van der Waals surface area contributed by atoms with Gasteiger partial charge in [-0.2, -0.15) is 0 Å². The first-order valence-corrected chi connectivity index (χ1v) is 9.24. The molecule has 6 nitrogen and oxygen atoms in total. The molecule has 2 N–H and O–H groups in total. The van der Waals surface area contributed by atoms with Gasteiger partial charge in [-0.15, -0.1) is 0 Å². The molecule has 2 aromatic rings. The summed E-state index contributed by atoms with van der Waals surface area (Å²) in [6.45, 7) is 5.44. The number of carbonyl (C=O) groups is 3. The highest BCUT2D eigenvalue weighted by molar-refractivity contribution is 5.94. The van der Waals surface area contributed by atoms with E-state index >= 15 is 0 Å². The monoisotopic (exact) mass is 382 g/mol. The molecule has 0 aliphatic carbocycles. The second kappa shape index (κ2) is 10.3. The van der Waals surface area contributed by atoms with Crippen LogP contribution in [0.1, 0.15) is 36.0 Å². The van der Waals surface area contributed by atoms with Gasteiger partial charge in [-0.3, -0.25) is 14.4 Å². The summed E-state index contributed by atoms with van der Waals surface area (Å²) in [5.74, 6) is -1.05. The molecule has 28 heavy (non-hydrogen) atoms. The van der Waals surface area contributed by atoms with Crippen molar-refractivity contribution in [1.29, 1.82) is 0 Å². The van der Waals surface area contributed by atoms with E-state index in [1.807, 2.05) is 57.2 Å². The average molecular weight is 382 g/mol. The van der Waals surface area contributed by atoms with E-state index in [2.05, 4.69) is 10.6 Å². The third-order valence-electron chi connectivity index (χ3n) is 4.45. The Balaban J connectivity index is 1.67. The molecule has 2 rings (SSSR count). The fourth-order valence-corrected chi connectivity index (χ4v) is 2.61. The van der Waals surface area contributed by atoms with E-state index in [1.165, 1.54) is 0 Å². The van der Waals surface area contributed by atoms with Gasteiger partial charge < -0.3 is 15.4 Å². The van der Waals surface area contributed by atoms with Crippen molar-refractivity contribution in [3.8, 4) is 0 Å². The first-order chi connectivity index (χ1) is 13.4. The number of hydrogen-bond acceptors (Lipinski definition) is 4. The smallest absolute Gasteiger partial charge is 0.306 e. The van der Waals surface area contributed by atoms with E-state index < -0.39 is 5.97 Å². The van der Waals surface area contributed by atoms with Crippen LogP contribution in [0.25, 0.3) is 0 Å². The first kappa shape index (κ1) is 21.2. The quantitative estimate of drug-likeness (QED) is 0.678. The summed E-state index contributed by atoms with van der Waals surface area (Å²) in [7, 11) is 0. The van der Waals surface area contributed by atoms with Crippen LogP contribution in [0.5, 0.6) is 0 Å². The van der Waals surface area contributed by atoms with Crippen LogP contribution in [0.4, 0.5) is 11.4 Å². The highest BCUT2D eigenvalue weighted by Crippen LogP contribution is 2.18. The Morgan fingerprint density at radius 2 is 1.43 bits per heavy atom. The fourth-order valence-electron chi connectivity index (χ4n) is 2.61. The Morgan fingerprint density at radius 3 is 2.18 bits per heavy atom. The number of aryl methyl sites for hydroxylation is 2. The zero-order chi connectivity index (χ0) is 20.5. The predicted molar refractivity (Wildman–Crippen MR) is 109 cm³/mol. The Bertz CT molecular complexity index is 861. The molecule has 2 aromatic carbocycles. The van der Waals surface area contributed by atoms with Crippen molar-refractivity contribution in [3.05, 3.63) is 59.2 Å². The topological polar surface area (TPSA) is 84.5 Å². The molecule has 0 unspecified atom stereocenters. The molecule has 0 atom stereocenters. The molecular weight excluding hydrogens is 356 g/mol. The van der Waals surface area contributed by atoms with Gasteiger partial charge in [0.15, 0.2) is 6.61 Å². The molecule has 0 saturated heterocycles. The third-order valence-corrected chi connectivity index (χ3v) is 4.45. The molecule has 0 bridgehead atoms. The number of anilines is 2. The highest BCUT2D eigenvalue weighted by Gasteiger charge is 2.11.